The second-order valence-corrected chi connectivity index (χ2v) is 15.2. The molecule has 2 aromatic heterocycles. The molecule has 11 rings (SSSR count). The minimum atomic E-state index is -0.380. The fourth-order valence-corrected chi connectivity index (χ4v) is 10.4. The summed E-state index contributed by atoms with van der Waals surface area (Å²) in [7, 11) is 0. The van der Waals surface area contributed by atoms with Crippen LogP contribution in [0.1, 0.15) is 40.7 Å². The van der Waals surface area contributed by atoms with Crippen LogP contribution in [0.4, 0.5) is 0 Å². The summed E-state index contributed by atoms with van der Waals surface area (Å²) in [5.41, 5.74) is 13.9. The van der Waals surface area contributed by atoms with Gasteiger partial charge in [-0.2, -0.15) is 0 Å². The van der Waals surface area contributed by atoms with Crippen molar-refractivity contribution < 1.29 is 0 Å². The van der Waals surface area contributed by atoms with E-state index in [4.69, 9.17) is 4.98 Å². The monoisotopic (exact) mass is 679 g/mol. The molecule has 7 aromatic carbocycles. The van der Waals surface area contributed by atoms with Crippen LogP contribution in [-0.4, -0.2) is 4.98 Å². The number of para-hydroxylation sites is 1. The summed E-state index contributed by atoms with van der Waals surface area (Å²) in [6.45, 7) is 0. The van der Waals surface area contributed by atoms with E-state index in [9.17, 15) is 0 Å². The Morgan fingerprint density at radius 3 is 1.96 bits per heavy atom. The maximum atomic E-state index is 5.24. The fourth-order valence-electron chi connectivity index (χ4n) is 9.28. The molecule has 2 aliphatic carbocycles. The van der Waals surface area contributed by atoms with Crippen molar-refractivity contribution in [2.75, 3.05) is 0 Å². The molecule has 52 heavy (non-hydrogen) atoms. The number of thiophene rings is 1. The lowest BCUT2D eigenvalue weighted by atomic mass is 9.66. The maximum Gasteiger partial charge on any atom is 0.0788 e. The number of benzene rings is 7. The third-order valence-corrected chi connectivity index (χ3v) is 12.6. The summed E-state index contributed by atoms with van der Waals surface area (Å²) in [5, 5.41) is 6.37. The van der Waals surface area contributed by atoms with E-state index in [1.165, 1.54) is 80.9 Å². The molecular weight excluding hydrogens is 647 g/mol. The van der Waals surface area contributed by atoms with Crippen LogP contribution in [0, 0.1) is 0 Å². The van der Waals surface area contributed by atoms with Crippen LogP contribution in [0.25, 0.3) is 64.3 Å². The Hall–Kier alpha value is -6.09. The Labute approximate surface area is 306 Å². The molecule has 2 heterocycles. The predicted molar refractivity (Wildman–Crippen MR) is 221 cm³/mol. The van der Waals surface area contributed by atoms with Gasteiger partial charge in [-0.1, -0.05) is 152 Å². The highest BCUT2D eigenvalue weighted by Gasteiger charge is 2.47. The number of hydrogen-bond donors (Lipinski definition) is 0. The van der Waals surface area contributed by atoms with E-state index in [0.717, 1.165) is 29.6 Å². The highest BCUT2D eigenvalue weighted by molar-refractivity contribution is 7.26. The van der Waals surface area contributed by atoms with Crippen LogP contribution in [-0.2, 0) is 5.41 Å². The van der Waals surface area contributed by atoms with E-state index < -0.39 is 0 Å². The van der Waals surface area contributed by atoms with Gasteiger partial charge in [0.25, 0.3) is 0 Å². The molecule has 0 spiro atoms. The molecule has 0 atom stereocenters. The number of fused-ring (bicyclic) bond motifs is 9. The largest absolute Gasteiger partial charge is 0.247 e. The number of allylic oxidation sites excluding steroid dienone is 4. The molecule has 2 heteroatoms. The molecule has 0 radical (unpaired) electrons. The van der Waals surface area contributed by atoms with Crippen molar-refractivity contribution >= 4 is 64.3 Å². The van der Waals surface area contributed by atoms with Crippen LogP contribution in [0.3, 0.4) is 0 Å². The summed E-state index contributed by atoms with van der Waals surface area (Å²) < 4.78 is 2.64. The fraction of sp³-hybridized carbons (Fsp3) is 0.0600. The zero-order chi connectivity index (χ0) is 34.2. The normalized spacial score (nSPS) is 15.0. The molecule has 244 valence electrons. The van der Waals surface area contributed by atoms with Crippen LogP contribution in [0.5, 0.6) is 0 Å². The van der Waals surface area contributed by atoms with Gasteiger partial charge in [0.1, 0.15) is 0 Å². The molecule has 0 unspecified atom stereocenters. The molecule has 0 N–H and O–H groups in total. The van der Waals surface area contributed by atoms with Crippen molar-refractivity contribution in [1.82, 2.24) is 4.98 Å². The standard InChI is InChI=1S/C50H33NS/c1-4-14-32(15-5-1)49-40-27-29-46-48(47(40)39-21-11-13-23-44(39)51-49)41-30-33(25-28-45(41)52-46)34-24-26-38-37-20-10-12-22-42(37)50(43(38)31-34,35-16-6-2-7-17-35)36-18-8-3-9-19-36/h1-23,25,27-31H,24,26H2. The van der Waals surface area contributed by atoms with Gasteiger partial charge in [-0.15, -0.1) is 11.3 Å². The Morgan fingerprint density at radius 1 is 0.500 bits per heavy atom. The molecule has 9 aromatic rings. The highest BCUT2D eigenvalue weighted by Crippen LogP contribution is 2.58. The van der Waals surface area contributed by atoms with Crippen LogP contribution in [0.2, 0.25) is 0 Å². The zero-order valence-electron chi connectivity index (χ0n) is 28.5. The average Bonchev–Trinajstić information content (AvgIpc) is 3.74. The van der Waals surface area contributed by atoms with Crippen LogP contribution in [0.15, 0.2) is 182 Å². The first-order chi connectivity index (χ1) is 25.8. The molecule has 1 nitrogen and oxygen atoms in total. The van der Waals surface area contributed by atoms with E-state index in [1.807, 2.05) is 11.3 Å². The van der Waals surface area contributed by atoms with Crippen LogP contribution < -0.4 is 0 Å². The summed E-state index contributed by atoms with van der Waals surface area (Å²) in [6.07, 6.45) is 4.58. The van der Waals surface area contributed by atoms with Crippen molar-refractivity contribution in [2.45, 2.75) is 18.3 Å². The lowest BCUT2D eigenvalue weighted by molar-refractivity contribution is 0.758. The van der Waals surface area contributed by atoms with Gasteiger partial charge in [0.15, 0.2) is 0 Å². The summed E-state index contributed by atoms with van der Waals surface area (Å²) >= 11 is 1.89. The second kappa shape index (κ2) is 11.5. The van der Waals surface area contributed by atoms with E-state index in [1.54, 1.807) is 0 Å². The zero-order valence-corrected chi connectivity index (χ0v) is 29.3. The Bertz CT molecular complexity index is 2890. The maximum absolute atomic E-state index is 5.24. The number of aromatic nitrogens is 1. The molecule has 0 bridgehead atoms. The van der Waals surface area contributed by atoms with Gasteiger partial charge in [0.2, 0.25) is 0 Å². The van der Waals surface area contributed by atoms with Crippen molar-refractivity contribution in [3.63, 3.8) is 0 Å². The SMILES string of the molecule is C1=C(c2ccc3sc4ccc5c(-c6ccccc6)nc6ccccc6c5c4c3c2)CCC2=C1C(c1ccccc1)(c1ccccc1)c1ccccc12. The van der Waals surface area contributed by atoms with Crippen LogP contribution >= 0.6 is 11.3 Å². The lowest BCUT2D eigenvalue weighted by Gasteiger charge is -2.36. The smallest absolute Gasteiger partial charge is 0.0788 e. The van der Waals surface area contributed by atoms with E-state index in [-0.39, 0.29) is 5.41 Å². The number of nitrogens with zero attached hydrogens (tertiary/aromatic N) is 1. The van der Waals surface area contributed by atoms with Crippen molar-refractivity contribution in [2.24, 2.45) is 0 Å². The highest BCUT2D eigenvalue weighted by atomic mass is 32.1. The second-order valence-electron chi connectivity index (χ2n) is 14.1. The van der Waals surface area contributed by atoms with Crippen molar-refractivity contribution in [3.8, 4) is 11.3 Å². The first kappa shape index (κ1) is 29.6. The Kier molecular flexibility index (Phi) is 6.53. The third kappa shape index (κ3) is 4.19. The number of pyridine rings is 1. The van der Waals surface area contributed by atoms with E-state index >= 15 is 0 Å². The molecule has 0 fully saturated rings. The van der Waals surface area contributed by atoms with Gasteiger partial charge in [-0.05, 0) is 81.6 Å². The molecule has 0 amide bonds. The van der Waals surface area contributed by atoms with Gasteiger partial charge in [-0.3, -0.25) is 0 Å². The summed E-state index contributed by atoms with van der Waals surface area (Å²) in [5.74, 6) is 0. The van der Waals surface area contributed by atoms with Gasteiger partial charge in [0, 0.05) is 41.9 Å². The Balaban J connectivity index is 1.16. The topological polar surface area (TPSA) is 12.9 Å². The Morgan fingerprint density at radius 2 is 1.17 bits per heavy atom. The predicted octanol–water partition coefficient (Wildman–Crippen LogP) is 13.4. The van der Waals surface area contributed by atoms with E-state index in [0.29, 0.717) is 0 Å². The minimum absolute atomic E-state index is 0.380. The quantitative estimate of drug-likeness (QED) is 0.169. The minimum Gasteiger partial charge on any atom is -0.247 e. The number of rotatable bonds is 4. The van der Waals surface area contributed by atoms with Crippen molar-refractivity contribution in [1.29, 1.82) is 0 Å². The van der Waals surface area contributed by atoms with Crippen molar-refractivity contribution in [3.05, 3.63) is 209 Å². The van der Waals surface area contributed by atoms with Gasteiger partial charge in [0.05, 0.1) is 16.6 Å². The average molecular weight is 680 g/mol. The molecule has 0 aliphatic heterocycles. The summed E-state index contributed by atoms with van der Waals surface area (Å²) in [4.78, 5) is 5.24. The first-order valence-electron chi connectivity index (χ1n) is 18.2. The molecular formula is C50H33NS. The van der Waals surface area contributed by atoms with Gasteiger partial charge >= 0.3 is 0 Å². The summed E-state index contributed by atoms with van der Waals surface area (Å²) in [6, 6.07) is 62.5. The van der Waals surface area contributed by atoms with E-state index in [2.05, 4.69) is 176 Å². The van der Waals surface area contributed by atoms with Gasteiger partial charge in [-0.25, -0.2) is 4.98 Å². The first-order valence-corrected chi connectivity index (χ1v) is 19.0. The number of hydrogen-bond acceptors (Lipinski definition) is 2. The third-order valence-electron chi connectivity index (χ3n) is 11.5. The molecule has 0 saturated carbocycles. The molecule has 0 saturated heterocycles. The lowest BCUT2D eigenvalue weighted by Crippen LogP contribution is -2.29. The molecule has 2 aliphatic rings. The van der Waals surface area contributed by atoms with Gasteiger partial charge < -0.3 is 0 Å².